The van der Waals surface area contributed by atoms with Crippen molar-refractivity contribution in [1.82, 2.24) is 10.2 Å². The van der Waals surface area contributed by atoms with Crippen LogP contribution in [0.25, 0.3) is 10.9 Å². The molecule has 1 fully saturated rings. The van der Waals surface area contributed by atoms with E-state index in [-0.39, 0.29) is 0 Å². The van der Waals surface area contributed by atoms with Gasteiger partial charge in [-0.1, -0.05) is 18.2 Å². The summed E-state index contributed by atoms with van der Waals surface area (Å²) < 4.78 is 0. The Labute approximate surface area is 107 Å². The van der Waals surface area contributed by atoms with Crippen molar-refractivity contribution in [2.24, 2.45) is 11.7 Å². The highest BCUT2D eigenvalue weighted by molar-refractivity contribution is 5.90. The summed E-state index contributed by atoms with van der Waals surface area (Å²) >= 11 is 0. The van der Waals surface area contributed by atoms with Gasteiger partial charge in [0, 0.05) is 18.5 Å². The van der Waals surface area contributed by atoms with Crippen LogP contribution in [0, 0.1) is 5.92 Å². The Kier molecular flexibility index (Phi) is 3.11. The Bertz CT molecular complexity index is 535. The maximum atomic E-state index is 5.64. The molecule has 94 valence electrons. The highest BCUT2D eigenvalue weighted by Crippen LogP contribution is 2.29. The first kappa shape index (κ1) is 11.4. The molecule has 0 bridgehead atoms. The number of hydrogen-bond donors (Lipinski definition) is 1. The molecular weight excluding hydrogens is 224 g/mol. The first-order valence-electron chi connectivity index (χ1n) is 6.54. The summed E-state index contributed by atoms with van der Waals surface area (Å²) in [6.07, 6.45) is 4.23. The van der Waals surface area contributed by atoms with Crippen LogP contribution in [0.4, 0.5) is 5.69 Å². The van der Waals surface area contributed by atoms with Crippen molar-refractivity contribution in [3.8, 4) is 0 Å². The molecule has 4 nitrogen and oxygen atoms in total. The van der Waals surface area contributed by atoms with Gasteiger partial charge < -0.3 is 10.6 Å². The molecule has 0 aliphatic carbocycles. The third kappa shape index (κ3) is 2.04. The summed E-state index contributed by atoms with van der Waals surface area (Å²) in [5.41, 5.74) is 7.82. The van der Waals surface area contributed by atoms with Gasteiger partial charge in [-0.15, -0.1) is 0 Å². The van der Waals surface area contributed by atoms with Crippen LogP contribution in [0.3, 0.4) is 0 Å². The van der Waals surface area contributed by atoms with E-state index < -0.39 is 0 Å². The van der Waals surface area contributed by atoms with E-state index >= 15 is 0 Å². The van der Waals surface area contributed by atoms with Crippen LogP contribution in [0.15, 0.2) is 30.5 Å². The molecule has 4 heteroatoms. The molecule has 2 heterocycles. The van der Waals surface area contributed by atoms with Gasteiger partial charge in [0.2, 0.25) is 0 Å². The van der Waals surface area contributed by atoms with Crippen molar-refractivity contribution in [3.05, 3.63) is 30.5 Å². The number of benzene rings is 1. The number of nitrogens with two attached hydrogens (primary N) is 1. The van der Waals surface area contributed by atoms with E-state index in [4.69, 9.17) is 5.73 Å². The lowest BCUT2D eigenvalue weighted by Gasteiger charge is -2.19. The first-order chi connectivity index (χ1) is 8.88. The van der Waals surface area contributed by atoms with Crippen LogP contribution < -0.4 is 10.6 Å². The second kappa shape index (κ2) is 4.90. The summed E-state index contributed by atoms with van der Waals surface area (Å²) in [5, 5.41) is 9.48. The Hall–Kier alpha value is -1.68. The molecule has 1 aliphatic rings. The van der Waals surface area contributed by atoms with Crippen molar-refractivity contribution in [1.29, 1.82) is 0 Å². The number of fused-ring (bicyclic) bond motifs is 1. The maximum Gasteiger partial charge on any atom is 0.0950 e. The smallest absolute Gasteiger partial charge is 0.0950 e. The van der Waals surface area contributed by atoms with Gasteiger partial charge in [0.05, 0.1) is 17.4 Å². The van der Waals surface area contributed by atoms with Gasteiger partial charge in [0.15, 0.2) is 0 Å². The molecule has 1 saturated heterocycles. The molecular formula is C14H18N4. The van der Waals surface area contributed by atoms with E-state index in [9.17, 15) is 0 Å². The summed E-state index contributed by atoms with van der Waals surface area (Å²) in [6, 6.07) is 8.19. The molecule has 1 unspecified atom stereocenters. The molecule has 0 saturated carbocycles. The molecule has 18 heavy (non-hydrogen) atoms. The van der Waals surface area contributed by atoms with Crippen LogP contribution in [-0.4, -0.2) is 29.8 Å². The normalized spacial score (nSPS) is 19.6. The van der Waals surface area contributed by atoms with E-state index in [1.165, 1.54) is 17.5 Å². The highest BCUT2D eigenvalue weighted by atomic mass is 15.2. The first-order valence-corrected chi connectivity index (χ1v) is 6.54. The fraction of sp³-hybridized carbons (Fsp3) is 0.429. The second-order valence-electron chi connectivity index (χ2n) is 4.93. The quantitative estimate of drug-likeness (QED) is 0.891. The van der Waals surface area contributed by atoms with Gasteiger partial charge in [-0.25, -0.2) is 0 Å². The lowest BCUT2D eigenvalue weighted by atomic mass is 10.1. The number of anilines is 1. The summed E-state index contributed by atoms with van der Waals surface area (Å²) in [7, 11) is 0. The molecule has 1 aromatic heterocycles. The topological polar surface area (TPSA) is 55.0 Å². The molecule has 2 aromatic rings. The Morgan fingerprint density at radius 2 is 2.22 bits per heavy atom. The fourth-order valence-electron chi connectivity index (χ4n) is 2.77. The van der Waals surface area contributed by atoms with Crippen molar-refractivity contribution >= 4 is 16.6 Å². The molecule has 3 rings (SSSR count). The molecule has 0 radical (unpaired) electrons. The number of aromatic nitrogens is 2. The monoisotopic (exact) mass is 242 g/mol. The minimum atomic E-state index is 0.724. The second-order valence-corrected chi connectivity index (χ2v) is 4.93. The fourth-order valence-corrected chi connectivity index (χ4v) is 2.77. The zero-order chi connectivity index (χ0) is 12.4. The standard InChI is InChI=1S/C14H18N4/c15-7-5-11-6-8-18(10-11)14-9-16-17-13-4-2-1-3-12(13)14/h1-4,9,11H,5-8,10,15H2. The molecule has 1 aliphatic heterocycles. The SMILES string of the molecule is NCCC1CCN(c2cnnc3ccccc23)C1. The minimum absolute atomic E-state index is 0.724. The average Bonchev–Trinajstić information content (AvgIpc) is 2.87. The maximum absolute atomic E-state index is 5.64. The van der Waals surface area contributed by atoms with Crippen molar-refractivity contribution in [3.63, 3.8) is 0 Å². The summed E-state index contributed by atoms with van der Waals surface area (Å²) in [6.45, 7) is 2.97. The average molecular weight is 242 g/mol. The van der Waals surface area contributed by atoms with E-state index in [0.717, 1.165) is 37.5 Å². The number of rotatable bonds is 3. The lowest BCUT2D eigenvalue weighted by molar-refractivity contribution is 0.546. The van der Waals surface area contributed by atoms with E-state index in [1.54, 1.807) is 0 Å². The zero-order valence-corrected chi connectivity index (χ0v) is 10.4. The predicted octanol–water partition coefficient (Wildman–Crippen LogP) is 1.80. The minimum Gasteiger partial charge on any atom is -0.369 e. The number of hydrogen-bond acceptors (Lipinski definition) is 4. The van der Waals surface area contributed by atoms with Crippen LogP contribution in [0.5, 0.6) is 0 Å². The van der Waals surface area contributed by atoms with Gasteiger partial charge >= 0.3 is 0 Å². The van der Waals surface area contributed by atoms with Crippen molar-refractivity contribution in [2.45, 2.75) is 12.8 Å². The molecule has 1 aromatic carbocycles. The van der Waals surface area contributed by atoms with Crippen molar-refractivity contribution < 1.29 is 0 Å². The molecule has 2 N–H and O–H groups in total. The van der Waals surface area contributed by atoms with Crippen LogP contribution >= 0.6 is 0 Å². The third-order valence-electron chi connectivity index (χ3n) is 3.73. The molecule has 1 atom stereocenters. The van der Waals surface area contributed by atoms with Gasteiger partial charge in [0.25, 0.3) is 0 Å². The lowest BCUT2D eigenvalue weighted by Crippen LogP contribution is -2.21. The van der Waals surface area contributed by atoms with Gasteiger partial charge in [-0.05, 0) is 31.4 Å². The number of nitrogens with zero attached hydrogens (tertiary/aromatic N) is 3. The van der Waals surface area contributed by atoms with Crippen LogP contribution in [0.1, 0.15) is 12.8 Å². The Morgan fingerprint density at radius 3 is 3.11 bits per heavy atom. The van der Waals surface area contributed by atoms with Crippen LogP contribution in [-0.2, 0) is 0 Å². The van der Waals surface area contributed by atoms with E-state index in [2.05, 4.69) is 27.2 Å². The van der Waals surface area contributed by atoms with E-state index in [0.29, 0.717) is 0 Å². The Balaban J connectivity index is 1.91. The molecule has 0 spiro atoms. The van der Waals surface area contributed by atoms with E-state index in [1.807, 2.05) is 18.3 Å². The highest BCUT2D eigenvalue weighted by Gasteiger charge is 2.23. The largest absolute Gasteiger partial charge is 0.369 e. The van der Waals surface area contributed by atoms with Gasteiger partial charge in [-0.3, -0.25) is 0 Å². The van der Waals surface area contributed by atoms with Crippen LogP contribution in [0.2, 0.25) is 0 Å². The van der Waals surface area contributed by atoms with Gasteiger partial charge in [-0.2, -0.15) is 10.2 Å². The third-order valence-corrected chi connectivity index (χ3v) is 3.73. The van der Waals surface area contributed by atoms with Crippen molar-refractivity contribution in [2.75, 3.05) is 24.5 Å². The Morgan fingerprint density at radius 1 is 1.33 bits per heavy atom. The van der Waals surface area contributed by atoms with Gasteiger partial charge in [0.1, 0.15) is 0 Å². The zero-order valence-electron chi connectivity index (χ0n) is 10.4. The predicted molar refractivity (Wildman–Crippen MR) is 73.5 cm³/mol. The summed E-state index contributed by atoms with van der Waals surface area (Å²) in [5.74, 6) is 0.724. The summed E-state index contributed by atoms with van der Waals surface area (Å²) in [4.78, 5) is 2.41. The molecule has 0 amide bonds.